The van der Waals surface area contributed by atoms with Gasteiger partial charge in [0.05, 0.1) is 0 Å². The minimum atomic E-state index is 0.455. The van der Waals surface area contributed by atoms with Crippen LogP contribution in [0, 0.1) is 5.92 Å². The first-order chi connectivity index (χ1) is 7.26. The van der Waals surface area contributed by atoms with E-state index in [2.05, 4.69) is 20.8 Å². The number of unbranched alkanes of at least 4 members (excludes halogenated alkanes) is 3. The Bertz CT molecular complexity index is 123. The molecule has 0 amide bonds. The standard InChI is InChI=1S/C14H31N/c1-4-7-8-9-12-13(10-5-2)14(15)11-6-3/h13-14H,4-12,15H2,1-3H3. The molecule has 0 spiro atoms. The van der Waals surface area contributed by atoms with Gasteiger partial charge in [-0.05, 0) is 25.2 Å². The molecule has 2 unspecified atom stereocenters. The molecule has 0 saturated heterocycles. The van der Waals surface area contributed by atoms with E-state index in [1.807, 2.05) is 0 Å². The van der Waals surface area contributed by atoms with Crippen molar-refractivity contribution in [2.75, 3.05) is 0 Å². The summed E-state index contributed by atoms with van der Waals surface area (Å²) in [7, 11) is 0. The Hall–Kier alpha value is -0.0400. The summed E-state index contributed by atoms with van der Waals surface area (Å²) in [5.74, 6) is 0.784. The quantitative estimate of drug-likeness (QED) is 0.531. The van der Waals surface area contributed by atoms with Gasteiger partial charge in [-0.1, -0.05) is 59.3 Å². The number of hydrogen-bond donors (Lipinski definition) is 1. The van der Waals surface area contributed by atoms with Crippen LogP contribution in [0.2, 0.25) is 0 Å². The molecule has 0 aliphatic rings. The molecular formula is C14H31N. The second kappa shape index (κ2) is 10.5. The second-order valence-electron chi connectivity index (χ2n) is 4.85. The molecule has 0 aliphatic heterocycles. The van der Waals surface area contributed by atoms with E-state index in [-0.39, 0.29) is 0 Å². The topological polar surface area (TPSA) is 26.0 Å². The normalized spacial score (nSPS) is 15.2. The Kier molecular flexibility index (Phi) is 10.4. The molecule has 15 heavy (non-hydrogen) atoms. The van der Waals surface area contributed by atoms with Gasteiger partial charge in [0.2, 0.25) is 0 Å². The molecule has 0 rings (SSSR count). The van der Waals surface area contributed by atoms with Crippen molar-refractivity contribution >= 4 is 0 Å². The summed E-state index contributed by atoms with van der Waals surface area (Å²) in [6.45, 7) is 6.78. The summed E-state index contributed by atoms with van der Waals surface area (Å²) in [6.07, 6.45) is 11.9. The first-order valence-electron chi connectivity index (χ1n) is 7.01. The maximum absolute atomic E-state index is 6.23. The molecular weight excluding hydrogens is 182 g/mol. The van der Waals surface area contributed by atoms with E-state index >= 15 is 0 Å². The monoisotopic (exact) mass is 213 g/mol. The van der Waals surface area contributed by atoms with Gasteiger partial charge in [0.15, 0.2) is 0 Å². The number of rotatable bonds is 10. The molecule has 2 atom stereocenters. The van der Waals surface area contributed by atoms with Crippen molar-refractivity contribution in [3.63, 3.8) is 0 Å². The van der Waals surface area contributed by atoms with E-state index in [9.17, 15) is 0 Å². The fourth-order valence-electron chi connectivity index (χ4n) is 2.35. The largest absolute Gasteiger partial charge is 0.327 e. The van der Waals surface area contributed by atoms with Crippen LogP contribution in [-0.4, -0.2) is 6.04 Å². The van der Waals surface area contributed by atoms with E-state index < -0.39 is 0 Å². The molecule has 0 heterocycles. The molecule has 92 valence electrons. The third kappa shape index (κ3) is 7.84. The van der Waals surface area contributed by atoms with Crippen LogP contribution in [0.4, 0.5) is 0 Å². The van der Waals surface area contributed by atoms with Gasteiger partial charge in [-0.2, -0.15) is 0 Å². The molecule has 0 radical (unpaired) electrons. The van der Waals surface area contributed by atoms with Gasteiger partial charge in [0, 0.05) is 6.04 Å². The average Bonchev–Trinajstić information content (AvgIpc) is 2.23. The summed E-state index contributed by atoms with van der Waals surface area (Å²) in [4.78, 5) is 0. The Balaban J connectivity index is 3.71. The Labute approximate surface area is 96.8 Å². The third-order valence-electron chi connectivity index (χ3n) is 3.32. The molecule has 0 bridgehead atoms. The summed E-state index contributed by atoms with van der Waals surface area (Å²) < 4.78 is 0. The van der Waals surface area contributed by atoms with Gasteiger partial charge < -0.3 is 5.73 Å². The summed E-state index contributed by atoms with van der Waals surface area (Å²) in [5, 5.41) is 0. The minimum Gasteiger partial charge on any atom is -0.327 e. The van der Waals surface area contributed by atoms with Crippen molar-refractivity contribution in [1.82, 2.24) is 0 Å². The Morgan fingerprint density at radius 3 is 1.93 bits per heavy atom. The lowest BCUT2D eigenvalue weighted by molar-refractivity contribution is 0.336. The van der Waals surface area contributed by atoms with Crippen LogP contribution in [0.1, 0.15) is 78.6 Å². The summed E-state index contributed by atoms with van der Waals surface area (Å²) in [6, 6.07) is 0.455. The van der Waals surface area contributed by atoms with Crippen molar-refractivity contribution < 1.29 is 0 Å². The SMILES string of the molecule is CCCCCCC(CCC)C(N)CCC. The van der Waals surface area contributed by atoms with Crippen LogP contribution in [0.15, 0.2) is 0 Å². The molecule has 1 nitrogen and oxygen atoms in total. The predicted molar refractivity (Wildman–Crippen MR) is 70.0 cm³/mol. The fourth-order valence-corrected chi connectivity index (χ4v) is 2.35. The van der Waals surface area contributed by atoms with Crippen LogP contribution in [0.5, 0.6) is 0 Å². The van der Waals surface area contributed by atoms with Crippen LogP contribution in [0.25, 0.3) is 0 Å². The zero-order valence-electron chi connectivity index (χ0n) is 11.1. The molecule has 0 aromatic carbocycles. The Morgan fingerprint density at radius 1 is 0.733 bits per heavy atom. The first-order valence-corrected chi connectivity index (χ1v) is 7.01. The highest BCUT2D eigenvalue weighted by atomic mass is 14.6. The van der Waals surface area contributed by atoms with E-state index in [1.54, 1.807) is 0 Å². The number of hydrogen-bond acceptors (Lipinski definition) is 1. The molecule has 0 fully saturated rings. The lowest BCUT2D eigenvalue weighted by Gasteiger charge is -2.23. The average molecular weight is 213 g/mol. The predicted octanol–water partition coefficient (Wildman–Crippen LogP) is 4.50. The highest BCUT2D eigenvalue weighted by molar-refractivity contribution is 4.72. The maximum Gasteiger partial charge on any atom is 0.00670 e. The van der Waals surface area contributed by atoms with Crippen LogP contribution in [0.3, 0.4) is 0 Å². The smallest absolute Gasteiger partial charge is 0.00670 e. The lowest BCUT2D eigenvalue weighted by atomic mass is 9.87. The molecule has 2 N–H and O–H groups in total. The fraction of sp³-hybridized carbons (Fsp3) is 1.00. The van der Waals surface area contributed by atoms with Crippen molar-refractivity contribution in [1.29, 1.82) is 0 Å². The molecule has 0 saturated carbocycles. The zero-order valence-corrected chi connectivity index (χ0v) is 11.1. The second-order valence-corrected chi connectivity index (χ2v) is 4.85. The first kappa shape index (κ1) is 15.0. The van der Waals surface area contributed by atoms with Crippen LogP contribution in [-0.2, 0) is 0 Å². The van der Waals surface area contributed by atoms with E-state index in [4.69, 9.17) is 5.73 Å². The molecule has 0 aromatic rings. The Morgan fingerprint density at radius 2 is 1.40 bits per heavy atom. The van der Waals surface area contributed by atoms with Gasteiger partial charge >= 0.3 is 0 Å². The van der Waals surface area contributed by atoms with E-state index in [0.717, 1.165) is 5.92 Å². The lowest BCUT2D eigenvalue weighted by Crippen LogP contribution is -2.29. The maximum atomic E-state index is 6.23. The van der Waals surface area contributed by atoms with Crippen LogP contribution < -0.4 is 5.73 Å². The van der Waals surface area contributed by atoms with E-state index in [1.165, 1.54) is 57.8 Å². The van der Waals surface area contributed by atoms with Gasteiger partial charge in [-0.25, -0.2) is 0 Å². The molecule has 0 aromatic heterocycles. The van der Waals surface area contributed by atoms with Crippen molar-refractivity contribution in [2.24, 2.45) is 11.7 Å². The highest BCUT2D eigenvalue weighted by Crippen LogP contribution is 2.21. The molecule has 0 aliphatic carbocycles. The number of nitrogens with two attached hydrogens (primary N) is 1. The molecule has 1 heteroatoms. The zero-order chi connectivity index (χ0) is 11.5. The van der Waals surface area contributed by atoms with Crippen molar-refractivity contribution in [2.45, 2.75) is 84.6 Å². The van der Waals surface area contributed by atoms with Gasteiger partial charge in [0.1, 0.15) is 0 Å². The summed E-state index contributed by atoms with van der Waals surface area (Å²) in [5.41, 5.74) is 6.23. The van der Waals surface area contributed by atoms with Crippen molar-refractivity contribution in [3.05, 3.63) is 0 Å². The van der Waals surface area contributed by atoms with Crippen molar-refractivity contribution in [3.8, 4) is 0 Å². The minimum absolute atomic E-state index is 0.455. The van der Waals surface area contributed by atoms with Gasteiger partial charge in [0.25, 0.3) is 0 Å². The van der Waals surface area contributed by atoms with Gasteiger partial charge in [-0.15, -0.1) is 0 Å². The van der Waals surface area contributed by atoms with E-state index in [0.29, 0.717) is 6.04 Å². The van der Waals surface area contributed by atoms with Crippen LogP contribution >= 0.6 is 0 Å². The third-order valence-corrected chi connectivity index (χ3v) is 3.32. The summed E-state index contributed by atoms with van der Waals surface area (Å²) >= 11 is 0. The highest BCUT2D eigenvalue weighted by Gasteiger charge is 2.15. The van der Waals surface area contributed by atoms with Gasteiger partial charge in [-0.3, -0.25) is 0 Å².